The molecule has 7 nitrogen and oxygen atoms in total. The van der Waals surface area contributed by atoms with E-state index in [-0.39, 0.29) is 10.7 Å². The first kappa shape index (κ1) is 17.8. The van der Waals surface area contributed by atoms with Gasteiger partial charge in [0.25, 0.3) is 11.1 Å². The first-order valence-electron chi connectivity index (χ1n) is 7.74. The van der Waals surface area contributed by atoms with Crippen LogP contribution in [0.1, 0.15) is 12.6 Å². The number of hydrogen-bond donors (Lipinski definition) is 1. The van der Waals surface area contributed by atoms with Crippen molar-refractivity contribution >= 4 is 35.0 Å². The summed E-state index contributed by atoms with van der Waals surface area (Å²) in [5.74, 6) is -1.03. The average molecular weight is 372 g/mol. The molecule has 0 bridgehead atoms. The number of amides is 2. The van der Waals surface area contributed by atoms with Gasteiger partial charge in [-0.2, -0.15) is 0 Å². The zero-order valence-corrected chi connectivity index (χ0v) is 14.9. The summed E-state index contributed by atoms with van der Waals surface area (Å²) < 4.78 is 6.43. The number of phenols is 1. The molecule has 1 aromatic carbocycles. The van der Waals surface area contributed by atoms with E-state index in [4.69, 9.17) is 0 Å². The van der Waals surface area contributed by atoms with Gasteiger partial charge >= 0.3 is 5.97 Å². The zero-order chi connectivity index (χ0) is 18.8. The predicted molar refractivity (Wildman–Crippen MR) is 96.7 cm³/mol. The monoisotopic (exact) mass is 372 g/mol. The Balaban J connectivity index is 1.91. The Kier molecular flexibility index (Phi) is 4.85. The highest BCUT2D eigenvalue weighted by Crippen LogP contribution is 2.34. The molecule has 2 amide bonds. The number of hydrogen-bond acceptors (Lipinski definition) is 6. The standard InChI is InChI=1S/C18H16N2O5S/c1-11(17(23)25-2)20-16(22)15(26-18(20)24)10-13-4-3-9-19(13)12-5-7-14(21)8-6-12/h3-11,21H,1-2H3/b15-10+/t11-/m1/s1. The van der Waals surface area contributed by atoms with Crippen LogP contribution in [-0.4, -0.2) is 44.8 Å². The molecule has 8 heteroatoms. The fourth-order valence-corrected chi connectivity index (χ4v) is 3.48. The maximum Gasteiger partial charge on any atom is 0.328 e. The number of thioether (sulfide) groups is 1. The first-order chi connectivity index (χ1) is 12.4. The van der Waals surface area contributed by atoms with Crippen molar-refractivity contribution in [3.63, 3.8) is 0 Å². The lowest BCUT2D eigenvalue weighted by atomic mass is 10.2. The largest absolute Gasteiger partial charge is 0.508 e. The third-order valence-corrected chi connectivity index (χ3v) is 4.82. The van der Waals surface area contributed by atoms with Crippen molar-refractivity contribution < 1.29 is 24.2 Å². The van der Waals surface area contributed by atoms with Crippen molar-refractivity contribution in [2.45, 2.75) is 13.0 Å². The smallest absolute Gasteiger partial charge is 0.328 e. The molecule has 0 unspecified atom stereocenters. The lowest BCUT2D eigenvalue weighted by molar-refractivity contribution is -0.148. The van der Waals surface area contributed by atoms with Crippen LogP contribution in [0.4, 0.5) is 4.79 Å². The van der Waals surface area contributed by atoms with Crippen LogP contribution in [0.2, 0.25) is 0 Å². The molecule has 1 atom stereocenters. The number of aromatic nitrogens is 1. The Morgan fingerprint density at radius 3 is 2.58 bits per heavy atom. The van der Waals surface area contributed by atoms with Crippen LogP contribution in [0.5, 0.6) is 5.75 Å². The van der Waals surface area contributed by atoms with E-state index in [1.54, 1.807) is 48.7 Å². The molecule has 1 aromatic heterocycles. The van der Waals surface area contributed by atoms with Crippen LogP contribution < -0.4 is 0 Å². The molecule has 1 saturated heterocycles. The van der Waals surface area contributed by atoms with Gasteiger partial charge in [0.1, 0.15) is 11.8 Å². The summed E-state index contributed by atoms with van der Waals surface area (Å²) in [5.41, 5.74) is 1.48. The molecule has 0 radical (unpaired) electrons. The van der Waals surface area contributed by atoms with Gasteiger partial charge in [0.2, 0.25) is 0 Å². The molecule has 1 N–H and O–H groups in total. The van der Waals surface area contributed by atoms with Crippen molar-refractivity contribution in [3.8, 4) is 11.4 Å². The first-order valence-corrected chi connectivity index (χ1v) is 8.55. The van der Waals surface area contributed by atoms with E-state index in [0.29, 0.717) is 5.69 Å². The molecule has 0 aliphatic carbocycles. The highest BCUT2D eigenvalue weighted by atomic mass is 32.2. The SMILES string of the molecule is COC(=O)[C@@H](C)N1C(=O)S/C(=C/c2cccn2-c2ccc(O)cc2)C1=O. The van der Waals surface area contributed by atoms with E-state index in [1.807, 2.05) is 4.57 Å². The van der Waals surface area contributed by atoms with Crippen LogP contribution in [0.15, 0.2) is 47.5 Å². The van der Waals surface area contributed by atoms with E-state index in [0.717, 1.165) is 22.3 Å². The summed E-state index contributed by atoms with van der Waals surface area (Å²) >= 11 is 0.780. The quantitative estimate of drug-likeness (QED) is 0.656. The fourth-order valence-electron chi connectivity index (χ4n) is 2.58. The minimum atomic E-state index is -0.984. The minimum absolute atomic E-state index is 0.153. The second-order valence-corrected chi connectivity index (χ2v) is 6.56. The van der Waals surface area contributed by atoms with Gasteiger partial charge in [-0.05, 0) is 61.2 Å². The van der Waals surface area contributed by atoms with Gasteiger partial charge in [0, 0.05) is 17.6 Å². The number of phenolic OH excluding ortho intramolecular Hbond substituents is 1. The molecule has 0 spiro atoms. The van der Waals surface area contributed by atoms with Gasteiger partial charge in [-0.1, -0.05) is 0 Å². The van der Waals surface area contributed by atoms with Gasteiger partial charge in [0.15, 0.2) is 0 Å². The number of methoxy groups -OCH3 is 1. The van der Waals surface area contributed by atoms with Crippen molar-refractivity contribution in [1.82, 2.24) is 9.47 Å². The van der Waals surface area contributed by atoms with E-state index in [9.17, 15) is 19.5 Å². The Bertz CT molecular complexity index is 901. The second kappa shape index (κ2) is 7.09. The van der Waals surface area contributed by atoms with E-state index < -0.39 is 23.2 Å². The number of nitrogens with zero attached hydrogens (tertiary/aromatic N) is 2. The van der Waals surface area contributed by atoms with Crippen molar-refractivity contribution in [3.05, 3.63) is 53.2 Å². The lowest BCUT2D eigenvalue weighted by Crippen LogP contribution is -2.42. The van der Waals surface area contributed by atoms with E-state index in [1.165, 1.54) is 14.0 Å². The molecule has 1 aliphatic rings. The van der Waals surface area contributed by atoms with Crippen LogP contribution in [0.3, 0.4) is 0 Å². The molecular formula is C18H16N2O5S. The summed E-state index contributed by atoms with van der Waals surface area (Å²) in [6.45, 7) is 1.45. The zero-order valence-electron chi connectivity index (χ0n) is 14.1. The van der Waals surface area contributed by atoms with Crippen LogP contribution in [-0.2, 0) is 14.3 Å². The normalized spacial score (nSPS) is 17.0. The number of imide groups is 1. The van der Waals surface area contributed by atoms with Gasteiger partial charge in [-0.25, -0.2) is 4.79 Å². The summed E-state index contributed by atoms with van der Waals surface area (Å²) in [5, 5.41) is 8.90. The van der Waals surface area contributed by atoms with Gasteiger partial charge < -0.3 is 14.4 Å². The Hall–Kier alpha value is -3.00. The molecular weight excluding hydrogens is 356 g/mol. The Morgan fingerprint density at radius 2 is 1.92 bits per heavy atom. The molecule has 2 heterocycles. The highest BCUT2D eigenvalue weighted by Gasteiger charge is 2.41. The van der Waals surface area contributed by atoms with Crippen molar-refractivity contribution in [2.75, 3.05) is 7.11 Å². The van der Waals surface area contributed by atoms with Gasteiger partial charge in [-0.15, -0.1) is 0 Å². The van der Waals surface area contributed by atoms with Crippen LogP contribution in [0, 0.1) is 0 Å². The Labute approximate surface area is 153 Å². The number of benzene rings is 1. The summed E-state index contributed by atoms with van der Waals surface area (Å²) in [4.78, 5) is 37.5. The molecule has 2 aromatic rings. The van der Waals surface area contributed by atoms with Crippen LogP contribution in [0.25, 0.3) is 11.8 Å². The topological polar surface area (TPSA) is 88.8 Å². The number of aromatic hydroxyl groups is 1. The molecule has 1 fully saturated rings. The summed E-state index contributed by atoms with van der Waals surface area (Å²) in [6.07, 6.45) is 3.40. The maximum atomic E-state index is 12.6. The van der Waals surface area contributed by atoms with E-state index >= 15 is 0 Å². The molecule has 0 saturated carbocycles. The average Bonchev–Trinajstić information content (AvgIpc) is 3.19. The van der Waals surface area contributed by atoms with Crippen molar-refractivity contribution in [2.24, 2.45) is 0 Å². The Morgan fingerprint density at radius 1 is 1.23 bits per heavy atom. The number of carbonyl (C=O) groups excluding carboxylic acids is 3. The van der Waals surface area contributed by atoms with Gasteiger partial charge in [-0.3, -0.25) is 14.5 Å². The lowest BCUT2D eigenvalue weighted by Gasteiger charge is -2.18. The van der Waals surface area contributed by atoms with Crippen molar-refractivity contribution in [1.29, 1.82) is 0 Å². The number of ether oxygens (including phenoxy) is 1. The predicted octanol–water partition coefficient (Wildman–Crippen LogP) is 2.78. The molecule has 3 rings (SSSR count). The third kappa shape index (κ3) is 3.23. The van der Waals surface area contributed by atoms with Gasteiger partial charge in [0.05, 0.1) is 12.0 Å². The molecule has 134 valence electrons. The summed E-state index contributed by atoms with van der Waals surface area (Å²) in [6, 6.07) is 9.21. The number of carbonyl (C=O) groups is 3. The highest BCUT2D eigenvalue weighted by molar-refractivity contribution is 8.18. The second-order valence-electron chi connectivity index (χ2n) is 5.57. The minimum Gasteiger partial charge on any atom is -0.508 e. The number of esters is 1. The van der Waals surface area contributed by atoms with E-state index in [2.05, 4.69) is 4.74 Å². The molecule has 1 aliphatic heterocycles. The number of rotatable bonds is 4. The maximum absolute atomic E-state index is 12.6. The fraction of sp³-hybridized carbons (Fsp3) is 0.167. The third-order valence-electron chi connectivity index (χ3n) is 3.94. The van der Waals surface area contributed by atoms with Crippen LogP contribution >= 0.6 is 11.8 Å². The summed E-state index contributed by atoms with van der Waals surface area (Å²) in [7, 11) is 1.21. The molecule has 26 heavy (non-hydrogen) atoms.